The van der Waals surface area contributed by atoms with Gasteiger partial charge >= 0.3 is 0 Å². The number of carbonyl (C=O) groups excluding carboxylic acids is 2. The summed E-state index contributed by atoms with van der Waals surface area (Å²) in [5, 5.41) is 2.94. The first kappa shape index (κ1) is 19.9. The van der Waals surface area contributed by atoms with Crippen LogP contribution in [0.25, 0.3) is 0 Å². The van der Waals surface area contributed by atoms with E-state index in [4.69, 9.17) is 4.74 Å². The Hall–Kier alpha value is -2.82. The molecule has 0 aliphatic carbocycles. The number of hydrogen-bond donors (Lipinski definition) is 1. The summed E-state index contributed by atoms with van der Waals surface area (Å²) >= 11 is 0. The molecular formula is C23H28N2O3. The first-order valence-corrected chi connectivity index (χ1v) is 9.88. The number of methoxy groups -OCH3 is 1. The standard InChI is InChI=1S/C23H28N2O3/c1-28-21-12-10-18(11-13-21)16-24-22(26)15-20-9-5-6-14-25(23(20)27)17-19-7-3-2-4-8-19/h2-4,7-8,10-13,20H,5-6,9,14-17H2,1H3,(H,24,26). The van der Waals surface area contributed by atoms with Crippen molar-refractivity contribution in [2.24, 2.45) is 5.92 Å². The zero-order chi connectivity index (χ0) is 19.8. The van der Waals surface area contributed by atoms with E-state index in [1.54, 1.807) is 7.11 Å². The van der Waals surface area contributed by atoms with E-state index >= 15 is 0 Å². The summed E-state index contributed by atoms with van der Waals surface area (Å²) in [6.45, 7) is 1.83. The number of ether oxygens (including phenoxy) is 1. The Kier molecular flexibility index (Phi) is 7.06. The molecule has 0 saturated carbocycles. The fraction of sp³-hybridized carbons (Fsp3) is 0.391. The SMILES string of the molecule is COc1ccc(CNC(=O)CC2CCCCN(Cc3ccccc3)C2=O)cc1. The van der Waals surface area contributed by atoms with Gasteiger partial charge in [0.15, 0.2) is 0 Å². The van der Waals surface area contributed by atoms with Gasteiger partial charge in [-0.2, -0.15) is 0 Å². The van der Waals surface area contributed by atoms with Gasteiger partial charge in [-0.3, -0.25) is 9.59 Å². The number of rotatable bonds is 7. The van der Waals surface area contributed by atoms with E-state index in [-0.39, 0.29) is 24.2 Å². The maximum atomic E-state index is 13.0. The van der Waals surface area contributed by atoms with Gasteiger partial charge in [0.2, 0.25) is 11.8 Å². The fourth-order valence-corrected chi connectivity index (χ4v) is 3.58. The molecule has 0 radical (unpaired) electrons. The maximum absolute atomic E-state index is 13.0. The normalized spacial score (nSPS) is 17.1. The van der Waals surface area contributed by atoms with Gasteiger partial charge in [-0.05, 0) is 36.1 Å². The van der Waals surface area contributed by atoms with E-state index in [0.29, 0.717) is 13.1 Å². The largest absolute Gasteiger partial charge is 0.497 e. The highest BCUT2D eigenvalue weighted by Gasteiger charge is 2.28. The molecule has 2 amide bonds. The van der Waals surface area contributed by atoms with Gasteiger partial charge in [-0.15, -0.1) is 0 Å². The summed E-state index contributed by atoms with van der Waals surface area (Å²) in [6, 6.07) is 17.6. The van der Waals surface area contributed by atoms with Crippen molar-refractivity contribution < 1.29 is 14.3 Å². The molecule has 0 bridgehead atoms. The first-order valence-electron chi connectivity index (χ1n) is 9.88. The second kappa shape index (κ2) is 9.93. The van der Waals surface area contributed by atoms with Crippen LogP contribution in [0.1, 0.15) is 36.8 Å². The summed E-state index contributed by atoms with van der Waals surface area (Å²) in [5.74, 6) is 0.580. The van der Waals surface area contributed by atoms with E-state index in [0.717, 1.165) is 42.7 Å². The Bertz CT molecular complexity index is 774. The Labute approximate surface area is 166 Å². The van der Waals surface area contributed by atoms with Crippen LogP contribution in [0.3, 0.4) is 0 Å². The molecule has 2 aromatic rings. The van der Waals surface area contributed by atoms with Gasteiger partial charge in [-0.1, -0.05) is 48.9 Å². The highest BCUT2D eigenvalue weighted by molar-refractivity contribution is 5.86. The average Bonchev–Trinajstić information content (AvgIpc) is 2.89. The van der Waals surface area contributed by atoms with Crippen LogP contribution in [0.15, 0.2) is 54.6 Å². The molecule has 1 N–H and O–H groups in total. The van der Waals surface area contributed by atoms with Crippen LogP contribution >= 0.6 is 0 Å². The van der Waals surface area contributed by atoms with Crippen LogP contribution < -0.4 is 10.1 Å². The molecule has 0 spiro atoms. The van der Waals surface area contributed by atoms with Crippen molar-refractivity contribution in [3.63, 3.8) is 0 Å². The molecule has 28 heavy (non-hydrogen) atoms. The van der Waals surface area contributed by atoms with Crippen LogP contribution in [-0.2, 0) is 22.7 Å². The third-order valence-electron chi connectivity index (χ3n) is 5.19. The van der Waals surface area contributed by atoms with Gasteiger partial charge in [0.25, 0.3) is 0 Å². The van der Waals surface area contributed by atoms with Gasteiger partial charge in [0, 0.05) is 32.0 Å². The third-order valence-corrected chi connectivity index (χ3v) is 5.19. The average molecular weight is 380 g/mol. The number of benzene rings is 2. The fourth-order valence-electron chi connectivity index (χ4n) is 3.58. The third kappa shape index (κ3) is 5.59. The van der Waals surface area contributed by atoms with E-state index in [9.17, 15) is 9.59 Å². The molecule has 1 heterocycles. The second-order valence-corrected chi connectivity index (χ2v) is 7.27. The van der Waals surface area contributed by atoms with Crippen molar-refractivity contribution in [1.82, 2.24) is 10.2 Å². The van der Waals surface area contributed by atoms with Crippen molar-refractivity contribution >= 4 is 11.8 Å². The summed E-state index contributed by atoms with van der Waals surface area (Å²) in [5.41, 5.74) is 2.13. The van der Waals surface area contributed by atoms with Crippen molar-refractivity contribution in [2.75, 3.05) is 13.7 Å². The maximum Gasteiger partial charge on any atom is 0.226 e. The van der Waals surface area contributed by atoms with Crippen LogP contribution in [0.4, 0.5) is 0 Å². The minimum absolute atomic E-state index is 0.0734. The Morgan fingerprint density at radius 3 is 2.54 bits per heavy atom. The summed E-state index contributed by atoms with van der Waals surface area (Å²) in [4.78, 5) is 27.3. The van der Waals surface area contributed by atoms with E-state index in [2.05, 4.69) is 5.32 Å². The minimum atomic E-state index is -0.234. The van der Waals surface area contributed by atoms with Crippen molar-refractivity contribution in [3.05, 3.63) is 65.7 Å². The molecule has 148 valence electrons. The summed E-state index contributed by atoms with van der Waals surface area (Å²) in [7, 11) is 1.63. The molecule has 2 aromatic carbocycles. The van der Waals surface area contributed by atoms with Crippen molar-refractivity contribution in [3.8, 4) is 5.75 Å². The van der Waals surface area contributed by atoms with E-state index < -0.39 is 0 Å². The highest BCUT2D eigenvalue weighted by Crippen LogP contribution is 2.22. The Morgan fingerprint density at radius 1 is 1.07 bits per heavy atom. The molecule has 5 heteroatoms. The molecule has 1 aliphatic heterocycles. The quantitative estimate of drug-likeness (QED) is 0.799. The molecule has 1 saturated heterocycles. The van der Waals surface area contributed by atoms with Gasteiger partial charge in [-0.25, -0.2) is 0 Å². The zero-order valence-electron chi connectivity index (χ0n) is 16.4. The van der Waals surface area contributed by atoms with Gasteiger partial charge < -0.3 is 15.0 Å². The smallest absolute Gasteiger partial charge is 0.226 e. The molecule has 5 nitrogen and oxygen atoms in total. The van der Waals surface area contributed by atoms with Gasteiger partial charge in [0.1, 0.15) is 5.75 Å². The molecule has 0 aromatic heterocycles. The van der Waals surface area contributed by atoms with Crippen molar-refractivity contribution in [1.29, 1.82) is 0 Å². The lowest BCUT2D eigenvalue weighted by atomic mass is 9.98. The summed E-state index contributed by atoms with van der Waals surface area (Å²) < 4.78 is 5.14. The Balaban J connectivity index is 1.53. The molecule has 3 rings (SSSR count). The molecular weight excluding hydrogens is 352 g/mol. The first-order chi connectivity index (χ1) is 13.7. The summed E-state index contributed by atoms with van der Waals surface area (Å²) in [6.07, 6.45) is 3.00. The molecule has 1 unspecified atom stereocenters. The Morgan fingerprint density at radius 2 is 1.82 bits per heavy atom. The molecule has 1 aliphatic rings. The number of likely N-dealkylation sites (tertiary alicyclic amines) is 1. The van der Waals surface area contributed by atoms with E-state index in [1.165, 1.54) is 0 Å². The number of hydrogen-bond acceptors (Lipinski definition) is 3. The number of nitrogens with zero attached hydrogens (tertiary/aromatic N) is 1. The predicted molar refractivity (Wildman–Crippen MR) is 109 cm³/mol. The second-order valence-electron chi connectivity index (χ2n) is 7.27. The van der Waals surface area contributed by atoms with Crippen molar-refractivity contribution in [2.45, 2.75) is 38.8 Å². The lowest BCUT2D eigenvalue weighted by Gasteiger charge is -2.24. The zero-order valence-corrected chi connectivity index (χ0v) is 16.4. The lowest BCUT2D eigenvalue weighted by Crippen LogP contribution is -2.37. The minimum Gasteiger partial charge on any atom is -0.497 e. The monoisotopic (exact) mass is 380 g/mol. The molecule has 1 fully saturated rings. The van der Waals surface area contributed by atoms with Crippen LogP contribution in [0.5, 0.6) is 5.75 Å². The lowest BCUT2D eigenvalue weighted by molar-refractivity contribution is -0.138. The predicted octanol–water partition coefficient (Wildman–Crippen LogP) is 3.53. The topological polar surface area (TPSA) is 58.6 Å². The van der Waals surface area contributed by atoms with Crippen LogP contribution in [0.2, 0.25) is 0 Å². The number of amides is 2. The highest BCUT2D eigenvalue weighted by atomic mass is 16.5. The van der Waals surface area contributed by atoms with E-state index in [1.807, 2.05) is 59.5 Å². The van der Waals surface area contributed by atoms with Crippen LogP contribution in [-0.4, -0.2) is 30.4 Å². The van der Waals surface area contributed by atoms with Gasteiger partial charge in [0.05, 0.1) is 7.11 Å². The number of carbonyl (C=O) groups is 2. The molecule has 1 atom stereocenters. The number of nitrogens with one attached hydrogen (secondary N) is 1. The van der Waals surface area contributed by atoms with Crippen LogP contribution in [0, 0.1) is 5.92 Å².